The number of carbonyl (C=O) groups is 2. The molecule has 0 aliphatic carbocycles. The number of alkyl halides is 2. The molecule has 0 heterocycles. The van der Waals surface area contributed by atoms with Gasteiger partial charge in [-0.2, -0.15) is 0 Å². The van der Waals surface area contributed by atoms with Crippen LogP contribution in [0.5, 0.6) is 5.75 Å². The Balaban J connectivity index is 2.37. The van der Waals surface area contributed by atoms with Gasteiger partial charge in [0.25, 0.3) is 11.8 Å². The van der Waals surface area contributed by atoms with Gasteiger partial charge >= 0.3 is 0 Å². The molecular weight excluding hydrogens is 291 g/mol. The number of benzene rings is 1. The lowest BCUT2D eigenvalue weighted by atomic mass is 10.2. The van der Waals surface area contributed by atoms with Crippen molar-refractivity contribution in [2.45, 2.75) is 4.84 Å². The zero-order chi connectivity index (χ0) is 14.3. The second kappa shape index (κ2) is 7.86. The van der Waals surface area contributed by atoms with E-state index >= 15 is 0 Å². The molecule has 5 nitrogen and oxygen atoms in total. The predicted octanol–water partition coefficient (Wildman–Crippen LogP) is 1.34. The highest BCUT2D eigenvalue weighted by atomic mass is 35.5. The summed E-state index contributed by atoms with van der Waals surface area (Å²) in [5, 5.41) is 5.12. The summed E-state index contributed by atoms with van der Waals surface area (Å²) in [7, 11) is 1.53. The molecule has 0 unspecified atom stereocenters. The third kappa shape index (κ3) is 5.36. The molecule has 0 radical (unpaired) electrons. The third-order valence-electron chi connectivity index (χ3n) is 2.24. The molecule has 0 saturated heterocycles. The summed E-state index contributed by atoms with van der Waals surface area (Å²) < 4.78 is 5.02. The largest absolute Gasteiger partial charge is 0.497 e. The Hall–Kier alpha value is -1.46. The van der Waals surface area contributed by atoms with Gasteiger partial charge in [-0.05, 0) is 18.2 Å². The van der Waals surface area contributed by atoms with Crippen LogP contribution in [0.4, 0.5) is 0 Å². The van der Waals surface area contributed by atoms with E-state index in [1.54, 1.807) is 24.3 Å². The molecule has 0 fully saturated rings. The van der Waals surface area contributed by atoms with Crippen LogP contribution >= 0.6 is 23.2 Å². The first kappa shape index (κ1) is 15.6. The lowest BCUT2D eigenvalue weighted by molar-refractivity contribution is -0.119. The van der Waals surface area contributed by atoms with E-state index in [1.165, 1.54) is 7.11 Å². The monoisotopic (exact) mass is 304 g/mol. The number of hydrogen-bond donors (Lipinski definition) is 2. The lowest BCUT2D eigenvalue weighted by Gasteiger charge is -2.08. The molecule has 0 saturated carbocycles. The van der Waals surface area contributed by atoms with Gasteiger partial charge in [0.1, 0.15) is 5.75 Å². The third-order valence-corrected chi connectivity index (χ3v) is 2.64. The number of rotatable bonds is 6. The molecule has 7 heteroatoms. The van der Waals surface area contributed by atoms with Gasteiger partial charge in [-0.15, -0.1) is 0 Å². The minimum Gasteiger partial charge on any atom is -0.497 e. The SMILES string of the molecule is COc1cccc(C(=O)NCCNC(=O)C(Cl)Cl)c1. The second-order valence-electron chi connectivity index (χ2n) is 3.58. The van der Waals surface area contributed by atoms with E-state index in [4.69, 9.17) is 27.9 Å². The summed E-state index contributed by atoms with van der Waals surface area (Å²) in [6.45, 7) is 0.534. The van der Waals surface area contributed by atoms with Gasteiger partial charge in [0.15, 0.2) is 4.84 Å². The fraction of sp³-hybridized carbons (Fsp3) is 0.333. The molecule has 104 valence electrons. The molecule has 0 bridgehead atoms. The van der Waals surface area contributed by atoms with E-state index in [0.29, 0.717) is 11.3 Å². The van der Waals surface area contributed by atoms with Crippen LogP contribution < -0.4 is 15.4 Å². The zero-order valence-electron chi connectivity index (χ0n) is 10.3. The van der Waals surface area contributed by atoms with E-state index < -0.39 is 10.7 Å². The Morgan fingerprint density at radius 3 is 2.58 bits per heavy atom. The van der Waals surface area contributed by atoms with Crippen LogP contribution in [0.3, 0.4) is 0 Å². The first-order chi connectivity index (χ1) is 9.04. The summed E-state index contributed by atoms with van der Waals surface area (Å²) in [5.74, 6) is -0.131. The first-order valence-corrected chi connectivity index (χ1v) is 6.40. The molecular formula is C12H14Cl2N2O3. The number of amides is 2. The highest BCUT2D eigenvalue weighted by Crippen LogP contribution is 2.12. The minimum atomic E-state index is -1.10. The van der Waals surface area contributed by atoms with Crippen molar-refractivity contribution < 1.29 is 14.3 Å². The number of halogens is 2. The van der Waals surface area contributed by atoms with Crippen molar-refractivity contribution in [3.05, 3.63) is 29.8 Å². The Kier molecular flexibility index (Phi) is 6.45. The van der Waals surface area contributed by atoms with Crippen LogP contribution in [0.1, 0.15) is 10.4 Å². The molecule has 2 N–H and O–H groups in total. The average Bonchev–Trinajstić information content (AvgIpc) is 2.42. The van der Waals surface area contributed by atoms with Crippen LogP contribution in [-0.2, 0) is 4.79 Å². The first-order valence-electron chi connectivity index (χ1n) is 5.52. The predicted molar refractivity (Wildman–Crippen MR) is 73.8 cm³/mol. The number of carbonyl (C=O) groups excluding carboxylic acids is 2. The molecule has 1 aromatic carbocycles. The van der Waals surface area contributed by atoms with Gasteiger partial charge in [-0.3, -0.25) is 9.59 Å². The summed E-state index contributed by atoms with van der Waals surface area (Å²) in [6, 6.07) is 6.77. The Morgan fingerprint density at radius 1 is 1.26 bits per heavy atom. The Morgan fingerprint density at radius 2 is 1.95 bits per heavy atom. The summed E-state index contributed by atoms with van der Waals surface area (Å²) in [6.07, 6.45) is 0. The van der Waals surface area contributed by atoms with E-state index in [9.17, 15) is 9.59 Å². The van der Waals surface area contributed by atoms with Crippen LogP contribution in [-0.4, -0.2) is 36.8 Å². The maximum absolute atomic E-state index is 11.8. The Bertz CT molecular complexity index is 452. The summed E-state index contributed by atoms with van der Waals surface area (Å²) in [5.41, 5.74) is 0.484. The fourth-order valence-electron chi connectivity index (χ4n) is 1.31. The lowest BCUT2D eigenvalue weighted by Crippen LogP contribution is -2.36. The van der Waals surface area contributed by atoms with Crippen LogP contribution in [0.25, 0.3) is 0 Å². The van der Waals surface area contributed by atoms with Gasteiger partial charge in [-0.25, -0.2) is 0 Å². The van der Waals surface area contributed by atoms with Crippen LogP contribution in [0.15, 0.2) is 24.3 Å². The molecule has 0 aromatic heterocycles. The van der Waals surface area contributed by atoms with Gasteiger partial charge in [0.05, 0.1) is 7.11 Å². The van der Waals surface area contributed by atoms with Crippen molar-refractivity contribution in [3.63, 3.8) is 0 Å². The van der Waals surface area contributed by atoms with Gasteiger partial charge in [-0.1, -0.05) is 29.3 Å². The van der Waals surface area contributed by atoms with Gasteiger partial charge < -0.3 is 15.4 Å². The molecule has 0 aliphatic rings. The standard InChI is InChI=1S/C12H14Cl2N2O3/c1-19-9-4-2-3-8(7-9)11(17)15-5-6-16-12(18)10(13)14/h2-4,7,10H,5-6H2,1H3,(H,15,17)(H,16,18). The van der Waals surface area contributed by atoms with Crippen molar-refractivity contribution >= 4 is 35.0 Å². The van der Waals surface area contributed by atoms with Gasteiger partial charge in [0, 0.05) is 18.7 Å². The van der Waals surface area contributed by atoms with Gasteiger partial charge in [0.2, 0.25) is 0 Å². The van der Waals surface area contributed by atoms with E-state index in [0.717, 1.165) is 0 Å². The number of ether oxygens (including phenoxy) is 1. The fourth-order valence-corrected chi connectivity index (χ4v) is 1.46. The van der Waals surface area contributed by atoms with E-state index in [-0.39, 0.29) is 19.0 Å². The molecule has 19 heavy (non-hydrogen) atoms. The van der Waals surface area contributed by atoms with Crippen LogP contribution in [0, 0.1) is 0 Å². The number of hydrogen-bond acceptors (Lipinski definition) is 3. The molecule has 1 rings (SSSR count). The van der Waals surface area contributed by atoms with Crippen molar-refractivity contribution in [3.8, 4) is 5.75 Å². The Labute approximate surface area is 121 Å². The molecule has 2 amide bonds. The smallest absolute Gasteiger partial charge is 0.253 e. The summed E-state index contributed by atoms with van der Waals surface area (Å²) >= 11 is 10.7. The number of nitrogens with one attached hydrogen (secondary N) is 2. The van der Waals surface area contributed by atoms with Crippen molar-refractivity contribution in [2.24, 2.45) is 0 Å². The quantitative estimate of drug-likeness (QED) is 0.616. The average molecular weight is 305 g/mol. The second-order valence-corrected chi connectivity index (χ2v) is 4.68. The number of methoxy groups -OCH3 is 1. The highest BCUT2D eigenvalue weighted by Gasteiger charge is 2.10. The summed E-state index contributed by atoms with van der Waals surface area (Å²) in [4.78, 5) is 21.7. The highest BCUT2D eigenvalue weighted by molar-refractivity contribution is 6.53. The molecule has 0 atom stereocenters. The minimum absolute atomic E-state index is 0.249. The van der Waals surface area contributed by atoms with Crippen molar-refractivity contribution in [1.82, 2.24) is 10.6 Å². The van der Waals surface area contributed by atoms with E-state index in [1.807, 2.05) is 0 Å². The molecule has 0 aliphatic heterocycles. The molecule has 1 aromatic rings. The zero-order valence-corrected chi connectivity index (χ0v) is 11.8. The van der Waals surface area contributed by atoms with E-state index in [2.05, 4.69) is 10.6 Å². The molecule has 0 spiro atoms. The van der Waals surface area contributed by atoms with Crippen molar-refractivity contribution in [1.29, 1.82) is 0 Å². The maximum Gasteiger partial charge on any atom is 0.253 e. The van der Waals surface area contributed by atoms with Crippen molar-refractivity contribution in [2.75, 3.05) is 20.2 Å². The topological polar surface area (TPSA) is 67.4 Å². The maximum atomic E-state index is 11.8. The van der Waals surface area contributed by atoms with Crippen LogP contribution in [0.2, 0.25) is 0 Å². The normalized spacial score (nSPS) is 10.1.